The highest BCUT2D eigenvalue weighted by Crippen LogP contribution is 2.38. The van der Waals surface area contributed by atoms with Crippen LogP contribution in [0.15, 0.2) is 60.5 Å². The lowest BCUT2D eigenvalue weighted by atomic mass is 9.77. The van der Waals surface area contributed by atoms with Crippen molar-refractivity contribution < 1.29 is 22.3 Å². The predicted octanol–water partition coefficient (Wildman–Crippen LogP) is 8.15. The van der Waals surface area contributed by atoms with Gasteiger partial charge in [0.25, 0.3) is 0 Å². The Bertz CT molecular complexity index is 847. The highest BCUT2D eigenvalue weighted by molar-refractivity contribution is 5.30. The van der Waals surface area contributed by atoms with E-state index in [1.54, 1.807) is 18.2 Å². The molecule has 0 saturated heterocycles. The maximum Gasteiger partial charge on any atom is 0.573 e. The van der Waals surface area contributed by atoms with E-state index in [0.717, 1.165) is 56.9 Å². The molecule has 0 heterocycles. The summed E-state index contributed by atoms with van der Waals surface area (Å²) in [7, 11) is 0. The third-order valence-electron chi connectivity index (χ3n) is 6.56. The molecule has 2 saturated carbocycles. The second kappa shape index (κ2) is 11.4. The largest absolute Gasteiger partial charge is 0.573 e. The zero-order valence-electron chi connectivity index (χ0n) is 18.0. The van der Waals surface area contributed by atoms with Crippen molar-refractivity contribution in [2.45, 2.75) is 63.6 Å². The fourth-order valence-electron chi connectivity index (χ4n) is 4.77. The van der Waals surface area contributed by atoms with E-state index in [1.165, 1.54) is 24.3 Å². The number of ether oxygens (including phenoxy) is 1. The molecule has 2 aliphatic carbocycles. The van der Waals surface area contributed by atoms with Gasteiger partial charge in [0, 0.05) is 0 Å². The Kier molecular flexibility index (Phi) is 8.55. The molecule has 0 unspecified atom stereocenters. The molecule has 0 amide bonds. The number of halogens is 4. The van der Waals surface area contributed by atoms with Crippen LogP contribution >= 0.6 is 0 Å². The maximum atomic E-state index is 12.8. The zero-order chi connectivity index (χ0) is 23.0. The van der Waals surface area contributed by atoms with Crippen LogP contribution in [0.3, 0.4) is 0 Å². The SMILES string of the molecule is N#CC(F)=CC=CC1CCC(C=CC2CCC(c3ccc(OC(F)(F)F)cc3)CC2)CC1. The van der Waals surface area contributed by atoms with Gasteiger partial charge in [0.05, 0.1) is 0 Å². The summed E-state index contributed by atoms with van der Waals surface area (Å²) in [6.45, 7) is 0. The predicted molar refractivity (Wildman–Crippen MR) is 116 cm³/mol. The van der Waals surface area contributed by atoms with E-state index in [-0.39, 0.29) is 5.75 Å². The quantitative estimate of drug-likeness (QED) is 0.191. The van der Waals surface area contributed by atoms with Crippen LogP contribution in [0.1, 0.15) is 62.8 Å². The molecular formula is C26H29F4NO. The van der Waals surface area contributed by atoms with Crippen molar-refractivity contribution in [2.24, 2.45) is 17.8 Å². The van der Waals surface area contributed by atoms with Crippen LogP contribution < -0.4 is 4.74 Å². The van der Waals surface area contributed by atoms with Crippen LogP contribution in [0.2, 0.25) is 0 Å². The van der Waals surface area contributed by atoms with E-state index >= 15 is 0 Å². The first kappa shape index (κ1) is 24.1. The summed E-state index contributed by atoms with van der Waals surface area (Å²) in [5, 5.41) is 8.42. The van der Waals surface area contributed by atoms with Crippen LogP contribution in [0.25, 0.3) is 0 Å². The third-order valence-corrected chi connectivity index (χ3v) is 6.56. The molecule has 1 aromatic rings. The second-order valence-corrected chi connectivity index (χ2v) is 8.80. The lowest BCUT2D eigenvalue weighted by Gasteiger charge is -2.28. The Morgan fingerprint density at radius 3 is 1.84 bits per heavy atom. The van der Waals surface area contributed by atoms with Gasteiger partial charge in [-0.15, -0.1) is 13.2 Å². The molecule has 2 nitrogen and oxygen atoms in total. The molecule has 2 fully saturated rings. The number of hydrogen-bond donors (Lipinski definition) is 0. The summed E-state index contributed by atoms with van der Waals surface area (Å²) in [5.41, 5.74) is 1.08. The lowest BCUT2D eigenvalue weighted by molar-refractivity contribution is -0.274. The third kappa shape index (κ3) is 7.85. The molecule has 0 N–H and O–H groups in total. The number of nitriles is 1. The van der Waals surface area contributed by atoms with Gasteiger partial charge in [-0.05, 0) is 98.8 Å². The first-order valence-corrected chi connectivity index (χ1v) is 11.3. The van der Waals surface area contributed by atoms with Crippen molar-refractivity contribution in [3.63, 3.8) is 0 Å². The summed E-state index contributed by atoms with van der Waals surface area (Å²) < 4.78 is 53.7. The highest BCUT2D eigenvalue weighted by Gasteiger charge is 2.31. The minimum absolute atomic E-state index is 0.172. The van der Waals surface area contributed by atoms with E-state index in [1.807, 2.05) is 6.08 Å². The molecule has 0 bridgehead atoms. The average molecular weight is 448 g/mol. The minimum Gasteiger partial charge on any atom is -0.406 e. The number of hydrogen-bond acceptors (Lipinski definition) is 2. The molecule has 6 heteroatoms. The zero-order valence-corrected chi connectivity index (χ0v) is 18.0. The Balaban J connectivity index is 1.39. The molecule has 172 valence electrons. The lowest BCUT2D eigenvalue weighted by Crippen LogP contribution is -2.17. The molecule has 32 heavy (non-hydrogen) atoms. The Labute approximate surface area is 187 Å². The standard InChI is InChI=1S/C26H29F4NO/c27-24(18-31)3-1-2-19-4-6-20(7-5-19)8-9-21-10-12-22(13-11-21)23-14-16-25(17-15-23)32-26(28,29)30/h1-3,8-9,14-17,19-22H,4-7,10-13H2. The Morgan fingerprint density at radius 1 is 0.844 bits per heavy atom. The molecule has 0 spiro atoms. The maximum absolute atomic E-state index is 12.8. The highest BCUT2D eigenvalue weighted by atomic mass is 19.4. The van der Waals surface area contributed by atoms with Crippen LogP contribution in [0.4, 0.5) is 17.6 Å². The van der Waals surface area contributed by atoms with Crippen molar-refractivity contribution in [3.05, 3.63) is 66.0 Å². The molecule has 2 aliphatic rings. The number of benzene rings is 1. The fraction of sp³-hybridized carbons (Fsp3) is 0.500. The van der Waals surface area contributed by atoms with E-state index in [2.05, 4.69) is 16.9 Å². The summed E-state index contributed by atoms with van der Waals surface area (Å²) in [5.74, 6) is 1.06. The van der Waals surface area contributed by atoms with Gasteiger partial charge in [0.2, 0.25) is 0 Å². The normalized spacial score (nSPS) is 27.5. The Hall–Kier alpha value is -2.55. The molecule has 3 rings (SSSR count). The first-order valence-electron chi connectivity index (χ1n) is 11.3. The van der Waals surface area contributed by atoms with Gasteiger partial charge in [-0.1, -0.05) is 36.4 Å². The summed E-state index contributed by atoms with van der Waals surface area (Å²) in [4.78, 5) is 0. The molecule has 0 aliphatic heterocycles. The average Bonchev–Trinajstić information content (AvgIpc) is 2.78. The van der Waals surface area contributed by atoms with Gasteiger partial charge in [-0.3, -0.25) is 0 Å². The van der Waals surface area contributed by atoms with Gasteiger partial charge >= 0.3 is 6.36 Å². The van der Waals surface area contributed by atoms with Crippen LogP contribution in [0.5, 0.6) is 5.75 Å². The minimum atomic E-state index is -4.66. The van der Waals surface area contributed by atoms with Gasteiger partial charge in [0.15, 0.2) is 5.83 Å². The fourth-order valence-corrected chi connectivity index (χ4v) is 4.77. The number of allylic oxidation sites excluding steroid dienone is 6. The van der Waals surface area contributed by atoms with Gasteiger partial charge in [-0.25, -0.2) is 0 Å². The summed E-state index contributed by atoms with van der Waals surface area (Å²) in [6, 6.07) is 7.77. The van der Waals surface area contributed by atoms with E-state index in [9.17, 15) is 17.6 Å². The van der Waals surface area contributed by atoms with E-state index in [4.69, 9.17) is 5.26 Å². The van der Waals surface area contributed by atoms with E-state index < -0.39 is 12.2 Å². The summed E-state index contributed by atoms with van der Waals surface area (Å²) >= 11 is 0. The van der Waals surface area contributed by atoms with Crippen molar-refractivity contribution in [1.82, 2.24) is 0 Å². The van der Waals surface area contributed by atoms with Crippen molar-refractivity contribution >= 4 is 0 Å². The molecule has 1 aromatic carbocycles. The van der Waals surface area contributed by atoms with Crippen LogP contribution in [0, 0.1) is 29.1 Å². The number of nitrogens with zero attached hydrogens (tertiary/aromatic N) is 1. The van der Waals surface area contributed by atoms with Crippen molar-refractivity contribution in [1.29, 1.82) is 5.26 Å². The Morgan fingerprint density at radius 2 is 1.34 bits per heavy atom. The number of alkyl halides is 3. The van der Waals surface area contributed by atoms with Gasteiger partial charge in [-0.2, -0.15) is 9.65 Å². The van der Waals surface area contributed by atoms with Crippen LogP contribution in [-0.4, -0.2) is 6.36 Å². The van der Waals surface area contributed by atoms with Gasteiger partial charge < -0.3 is 4.74 Å². The topological polar surface area (TPSA) is 33.0 Å². The molecular weight excluding hydrogens is 418 g/mol. The van der Waals surface area contributed by atoms with Crippen LogP contribution in [-0.2, 0) is 0 Å². The van der Waals surface area contributed by atoms with Crippen molar-refractivity contribution in [2.75, 3.05) is 0 Å². The molecule has 0 radical (unpaired) electrons. The summed E-state index contributed by atoms with van der Waals surface area (Å²) in [6.07, 6.45) is 13.6. The second-order valence-electron chi connectivity index (χ2n) is 8.80. The molecule has 0 aromatic heterocycles. The first-order chi connectivity index (χ1) is 15.3. The van der Waals surface area contributed by atoms with Gasteiger partial charge in [0.1, 0.15) is 11.8 Å². The monoisotopic (exact) mass is 447 g/mol. The smallest absolute Gasteiger partial charge is 0.406 e. The van der Waals surface area contributed by atoms with Crippen molar-refractivity contribution in [3.8, 4) is 11.8 Å². The van der Waals surface area contributed by atoms with E-state index in [0.29, 0.717) is 23.7 Å². The number of rotatable bonds is 6. The molecule has 0 atom stereocenters.